The molecule has 0 aromatic heterocycles. The second-order valence-electron chi connectivity index (χ2n) is 4.89. The van der Waals surface area contributed by atoms with E-state index in [2.05, 4.69) is 5.32 Å². The van der Waals surface area contributed by atoms with Crippen molar-refractivity contribution in [3.63, 3.8) is 0 Å². The largest absolute Gasteiger partial charge is 0.497 e. The van der Waals surface area contributed by atoms with Crippen molar-refractivity contribution in [2.45, 2.75) is 18.9 Å². The van der Waals surface area contributed by atoms with Crippen molar-refractivity contribution in [3.05, 3.63) is 64.4 Å². The minimum absolute atomic E-state index is 0.0376. The third-order valence-electron chi connectivity index (χ3n) is 3.57. The average molecular weight is 308 g/mol. The van der Waals surface area contributed by atoms with Crippen molar-refractivity contribution in [3.8, 4) is 5.75 Å². The molecule has 0 fully saturated rings. The number of hydrogen-bond acceptors (Lipinski definition) is 2. The number of nitrogens with one attached hydrogen (secondary N) is 1. The Morgan fingerprint density at radius 2 is 1.90 bits per heavy atom. The van der Waals surface area contributed by atoms with Gasteiger partial charge in [-0.05, 0) is 49.7 Å². The van der Waals surface area contributed by atoms with Gasteiger partial charge in [-0.1, -0.05) is 29.8 Å². The lowest BCUT2D eigenvalue weighted by molar-refractivity contribution is 0.414. The van der Waals surface area contributed by atoms with E-state index in [1.54, 1.807) is 19.2 Å². The summed E-state index contributed by atoms with van der Waals surface area (Å²) in [7, 11) is 3.49. The van der Waals surface area contributed by atoms with Gasteiger partial charge < -0.3 is 10.1 Å². The molecule has 0 aliphatic heterocycles. The van der Waals surface area contributed by atoms with Crippen LogP contribution in [-0.4, -0.2) is 14.2 Å². The number of aryl methyl sites for hydroxylation is 1. The zero-order chi connectivity index (χ0) is 15.2. The second-order valence-corrected chi connectivity index (χ2v) is 5.33. The standard InChI is InChI=1S/C17H19ClFNO/c1-20-17(15-9-6-13(18)11-16(15)19)10-5-12-3-7-14(21-2)8-4-12/h3-4,6-9,11,17,20H,5,10H2,1-2H3. The summed E-state index contributed by atoms with van der Waals surface area (Å²) in [6.45, 7) is 0. The van der Waals surface area contributed by atoms with Gasteiger partial charge in [0.2, 0.25) is 0 Å². The molecular formula is C17H19ClFNO. The number of methoxy groups -OCH3 is 1. The summed E-state index contributed by atoms with van der Waals surface area (Å²) in [4.78, 5) is 0. The minimum Gasteiger partial charge on any atom is -0.497 e. The zero-order valence-corrected chi connectivity index (χ0v) is 13.0. The molecule has 0 aliphatic rings. The molecule has 0 radical (unpaired) electrons. The average Bonchev–Trinajstić information content (AvgIpc) is 2.50. The summed E-state index contributed by atoms with van der Waals surface area (Å²) >= 11 is 5.79. The number of hydrogen-bond donors (Lipinski definition) is 1. The van der Waals surface area contributed by atoms with Gasteiger partial charge in [0.1, 0.15) is 11.6 Å². The molecule has 1 atom stereocenters. The fourth-order valence-electron chi connectivity index (χ4n) is 2.34. The van der Waals surface area contributed by atoms with Crippen LogP contribution in [0.3, 0.4) is 0 Å². The third kappa shape index (κ3) is 4.19. The molecular weight excluding hydrogens is 289 g/mol. The minimum atomic E-state index is -0.267. The van der Waals surface area contributed by atoms with Crippen LogP contribution in [0.2, 0.25) is 5.02 Å². The van der Waals surface area contributed by atoms with Crippen molar-refractivity contribution in [2.24, 2.45) is 0 Å². The second kappa shape index (κ2) is 7.43. The van der Waals surface area contributed by atoms with Gasteiger partial charge in [0.05, 0.1) is 7.11 Å². The first-order chi connectivity index (χ1) is 10.1. The van der Waals surface area contributed by atoms with E-state index in [4.69, 9.17) is 16.3 Å². The van der Waals surface area contributed by atoms with Gasteiger partial charge in [-0.2, -0.15) is 0 Å². The Bertz CT molecular complexity index is 586. The Morgan fingerprint density at radius 3 is 2.48 bits per heavy atom. The summed E-state index contributed by atoms with van der Waals surface area (Å²) in [5.41, 5.74) is 1.85. The molecule has 0 saturated heterocycles. The van der Waals surface area contributed by atoms with E-state index in [1.807, 2.05) is 31.3 Å². The quantitative estimate of drug-likeness (QED) is 0.855. The Kier molecular flexibility index (Phi) is 5.59. The Balaban J connectivity index is 2.04. The van der Waals surface area contributed by atoms with Gasteiger partial charge in [-0.3, -0.25) is 0 Å². The SMILES string of the molecule is CNC(CCc1ccc(OC)cc1)c1ccc(Cl)cc1F. The van der Waals surface area contributed by atoms with Gasteiger partial charge in [0, 0.05) is 16.6 Å². The molecule has 0 bridgehead atoms. The van der Waals surface area contributed by atoms with Crippen molar-refractivity contribution in [2.75, 3.05) is 14.2 Å². The molecule has 2 nitrogen and oxygen atoms in total. The monoisotopic (exact) mass is 307 g/mol. The Labute approximate surface area is 129 Å². The maximum Gasteiger partial charge on any atom is 0.129 e. The van der Waals surface area contributed by atoms with E-state index in [0.717, 1.165) is 18.6 Å². The van der Waals surface area contributed by atoms with E-state index < -0.39 is 0 Å². The fourth-order valence-corrected chi connectivity index (χ4v) is 2.50. The molecule has 0 aliphatic carbocycles. The number of halogens is 2. The van der Waals surface area contributed by atoms with E-state index in [1.165, 1.54) is 11.6 Å². The molecule has 2 aromatic carbocycles. The fraction of sp³-hybridized carbons (Fsp3) is 0.294. The molecule has 4 heteroatoms. The summed E-state index contributed by atoms with van der Waals surface area (Å²) in [5.74, 6) is 0.573. The van der Waals surface area contributed by atoms with Crippen LogP contribution >= 0.6 is 11.6 Å². The number of ether oxygens (including phenoxy) is 1. The topological polar surface area (TPSA) is 21.3 Å². The number of benzene rings is 2. The first-order valence-electron chi connectivity index (χ1n) is 6.89. The van der Waals surface area contributed by atoms with Crippen molar-refractivity contribution >= 4 is 11.6 Å². The van der Waals surface area contributed by atoms with Gasteiger partial charge >= 0.3 is 0 Å². The van der Waals surface area contributed by atoms with Gasteiger partial charge in [0.15, 0.2) is 0 Å². The molecule has 1 unspecified atom stereocenters. The van der Waals surface area contributed by atoms with Crippen molar-refractivity contribution < 1.29 is 9.13 Å². The molecule has 112 valence electrons. The highest BCUT2D eigenvalue weighted by Gasteiger charge is 2.14. The lowest BCUT2D eigenvalue weighted by atomic mass is 9.98. The normalized spacial score (nSPS) is 12.2. The first kappa shape index (κ1) is 15.8. The van der Waals surface area contributed by atoms with Gasteiger partial charge in [-0.15, -0.1) is 0 Å². The lowest BCUT2D eigenvalue weighted by Gasteiger charge is -2.17. The predicted octanol–water partition coefficient (Wildman–Crippen LogP) is 4.38. The smallest absolute Gasteiger partial charge is 0.129 e. The zero-order valence-electron chi connectivity index (χ0n) is 12.2. The maximum absolute atomic E-state index is 14.0. The highest BCUT2D eigenvalue weighted by molar-refractivity contribution is 6.30. The molecule has 2 rings (SSSR count). The summed E-state index contributed by atoms with van der Waals surface area (Å²) in [6.07, 6.45) is 1.67. The summed E-state index contributed by atoms with van der Waals surface area (Å²) in [6, 6.07) is 12.7. The van der Waals surface area contributed by atoms with E-state index in [-0.39, 0.29) is 11.9 Å². The molecule has 21 heavy (non-hydrogen) atoms. The molecule has 0 saturated carbocycles. The van der Waals surface area contributed by atoms with Gasteiger partial charge in [0.25, 0.3) is 0 Å². The molecule has 0 spiro atoms. The Hall–Kier alpha value is -1.58. The molecule has 0 heterocycles. The third-order valence-corrected chi connectivity index (χ3v) is 3.80. The first-order valence-corrected chi connectivity index (χ1v) is 7.27. The molecule has 2 aromatic rings. The van der Waals surface area contributed by atoms with Crippen LogP contribution in [0.15, 0.2) is 42.5 Å². The number of rotatable bonds is 6. The van der Waals surface area contributed by atoms with Crippen LogP contribution in [0.1, 0.15) is 23.6 Å². The summed E-state index contributed by atoms with van der Waals surface area (Å²) in [5, 5.41) is 3.58. The molecule has 0 amide bonds. The van der Waals surface area contributed by atoms with Crippen LogP contribution in [-0.2, 0) is 6.42 Å². The highest BCUT2D eigenvalue weighted by Crippen LogP contribution is 2.24. The van der Waals surface area contributed by atoms with Crippen LogP contribution < -0.4 is 10.1 Å². The van der Waals surface area contributed by atoms with E-state index >= 15 is 0 Å². The van der Waals surface area contributed by atoms with Crippen molar-refractivity contribution in [1.29, 1.82) is 0 Å². The van der Waals surface area contributed by atoms with Crippen LogP contribution in [0, 0.1) is 5.82 Å². The van der Waals surface area contributed by atoms with E-state index in [0.29, 0.717) is 10.6 Å². The van der Waals surface area contributed by atoms with E-state index in [9.17, 15) is 4.39 Å². The molecule has 1 N–H and O–H groups in total. The maximum atomic E-state index is 14.0. The van der Waals surface area contributed by atoms with Crippen LogP contribution in [0.4, 0.5) is 4.39 Å². The Morgan fingerprint density at radius 1 is 1.19 bits per heavy atom. The lowest BCUT2D eigenvalue weighted by Crippen LogP contribution is -2.18. The van der Waals surface area contributed by atoms with Crippen LogP contribution in [0.25, 0.3) is 0 Å². The van der Waals surface area contributed by atoms with Crippen molar-refractivity contribution in [1.82, 2.24) is 5.32 Å². The summed E-state index contributed by atoms with van der Waals surface area (Å²) < 4.78 is 19.1. The highest BCUT2D eigenvalue weighted by atomic mass is 35.5. The van der Waals surface area contributed by atoms with Crippen LogP contribution in [0.5, 0.6) is 5.75 Å². The van der Waals surface area contributed by atoms with Gasteiger partial charge in [-0.25, -0.2) is 4.39 Å². The predicted molar refractivity (Wildman–Crippen MR) is 84.5 cm³/mol.